The van der Waals surface area contributed by atoms with Crippen LogP contribution in [0.15, 0.2) is 39.3 Å². The summed E-state index contributed by atoms with van der Waals surface area (Å²) in [5.74, 6) is -1.37. The third-order valence-corrected chi connectivity index (χ3v) is 5.64. The third kappa shape index (κ3) is 6.46. The molecule has 0 aliphatic carbocycles. The molecule has 35 heavy (non-hydrogen) atoms. The van der Waals surface area contributed by atoms with E-state index in [4.69, 9.17) is 5.73 Å². The minimum Gasteiger partial charge on any atom is -0.492 e. The molecule has 0 saturated carbocycles. The summed E-state index contributed by atoms with van der Waals surface area (Å²) in [6, 6.07) is 6.71. The molecule has 2 rings (SSSR count). The van der Waals surface area contributed by atoms with Crippen molar-refractivity contribution in [2.75, 3.05) is 32.2 Å². The molecule has 0 radical (unpaired) electrons. The number of azo groups is 1. The van der Waals surface area contributed by atoms with Gasteiger partial charge in [-0.05, 0) is 43.5 Å². The van der Waals surface area contributed by atoms with Gasteiger partial charge in [0.1, 0.15) is 5.56 Å². The third-order valence-electron chi connectivity index (χ3n) is 5.64. The monoisotopic (exact) mass is 484 g/mol. The average Bonchev–Trinajstić information content (AvgIpc) is 2.82. The van der Waals surface area contributed by atoms with Gasteiger partial charge in [-0.3, -0.25) is 14.4 Å². The molecule has 0 spiro atoms. The number of amides is 2. The highest BCUT2D eigenvalue weighted by molar-refractivity contribution is 5.96. The first-order valence-electron chi connectivity index (χ1n) is 12.0. The second kappa shape index (κ2) is 12.7. The van der Waals surface area contributed by atoms with Crippen LogP contribution < -0.4 is 16.3 Å². The molecule has 10 heteroatoms. The number of aromatic nitrogens is 1. The molecule has 0 bridgehead atoms. The first kappa shape index (κ1) is 27.6. The Morgan fingerprint density at radius 1 is 1.00 bits per heavy atom. The minimum absolute atomic E-state index is 0.0138. The first-order chi connectivity index (χ1) is 16.7. The maximum Gasteiger partial charge on any atom is 0.285 e. The Balaban J connectivity index is 2.41. The van der Waals surface area contributed by atoms with Crippen LogP contribution in [0.2, 0.25) is 0 Å². The molecule has 1 aromatic carbocycles. The van der Waals surface area contributed by atoms with Crippen LogP contribution in [0.3, 0.4) is 0 Å². The number of hydrogen-bond acceptors (Lipinski definition) is 7. The molecule has 2 aromatic rings. The van der Waals surface area contributed by atoms with Gasteiger partial charge in [0.2, 0.25) is 5.88 Å². The lowest BCUT2D eigenvalue weighted by Crippen LogP contribution is -2.40. The topological polar surface area (TPSA) is 134 Å². The lowest BCUT2D eigenvalue weighted by atomic mass is 10.0. The van der Waals surface area contributed by atoms with Gasteiger partial charge in [0.05, 0.1) is 5.69 Å². The summed E-state index contributed by atoms with van der Waals surface area (Å²) >= 11 is 0. The number of aromatic hydroxyl groups is 1. The van der Waals surface area contributed by atoms with Crippen molar-refractivity contribution in [1.29, 1.82) is 0 Å². The van der Waals surface area contributed by atoms with Crippen LogP contribution in [0.1, 0.15) is 72.7 Å². The Labute approximate surface area is 206 Å². The Kier molecular flexibility index (Phi) is 9.98. The molecule has 10 nitrogen and oxygen atoms in total. The molecule has 0 atom stereocenters. The van der Waals surface area contributed by atoms with Gasteiger partial charge in [-0.1, -0.05) is 33.6 Å². The van der Waals surface area contributed by atoms with Gasteiger partial charge in [-0.2, -0.15) is 9.79 Å². The van der Waals surface area contributed by atoms with E-state index in [1.165, 1.54) is 5.01 Å². The van der Waals surface area contributed by atoms with E-state index in [0.717, 1.165) is 43.4 Å². The largest absolute Gasteiger partial charge is 0.492 e. The van der Waals surface area contributed by atoms with Crippen LogP contribution >= 0.6 is 0 Å². The SMILES string of the molecule is CCCCN(CCCC)C(=O)c1ccc(/N=N/c2c(CC)c(C(N)=O)c(=O)n(N(C)C)c2O)cc1. The normalized spacial score (nSPS) is 11.1. The van der Waals surface area contributed by atoms with Crippen molar-refractivity contribution < 1.29 is 14.7 Å². The highest BCUT2D eigenvalue weighted by Crippen LogP contribution is 2.33. The Morgan fingerprint density at radius 2 is 1.57 bits per heavy atom. The van der Waals surface area contributed by atoms with Gasteiger partial charge in [0.25, 0.3) is 17.4 Å². The maximum absolute atomic E-state index is 13.0. The number of primary amides is 1. The molecular formula is C25H36N6O4. The van der Waals surface area contributed by atoms with Crippen LogP contribution in [0, 0.1) is 0 Å². The van der Waals surface area contributed by atoms with Gasteiger partial charge in [-0.15, -0.1) is 5.11 Å². The quantitative estimate of drug-likeness (QED) is 0.441. The molecule has 190 valence electrons. The lowest BCUT2D eigenvalue weighted by Gasteiger charge is -2.22. The number of hydrogen-bond donors (Lipinski definition) is 2. The van der Waals surface area contributed by atoms with E-state index in [-0.39, 0.29) is 29.1 Å². The molecular weight excluding hydrogens is 448 g/mol. The highest BCUT2D eigenvalue weighted by Gasteiger charge is 2.25. The number of carbonyl (C=O) groups excluding carboxylic acids is 2. The van der Waals surface area contributed by atoms with E-state index in [2.05, 4.69) is 24.1 Å². The number of nitrogens with zero attached hydrogens (tertiary/aromatic N) is 5. The van der Waals surface area contributed by atoms with E-state index in [0.29, 0.717) is 11.3 Å². The summed E-state index contributed by atoms with van der Waals surface area (Å²) < 4.78 is 0.913. The van der Waals surface area contributed by atoms with Gasteiger partial charge >= 0.3 is 0 Å². The number of benzene rings is 1. The molecule has 0 aliphatic rings. The van der Waals surface area contributed by atoms with Crippen molar-refractivity contribution in [3.8, 4) is 5.88 Å². The summed E-state index contributed by atoms with van der Waals surface area (Å²) in [6.07, 6.45) is 4.17. The zero-order valence-electron chi connectivity index (χ0n) is 21.2. The maximum atomic E-state index is 13.0. The van der Waals surface area contributed by atoms with E-state index >= 15 is 0 Å². The molecule has 3 N–H and O–H groups in total. The van der Waals surface area contributed by atoms with E-state index in [1.54, 1.807) is 45.3 Å². The smallest absolute Gasteiger partial charge is 0.285 e. The molecule has 1 aromatic heterocycles. The van der Waals surface area contributed by atoms with Crippen molar-refractivity contribution in [2.24, 2.45) is 16.0 Å². The fourth-order valence-corrected chi connectivity index (χ4v) is 3.73. The number of nitrogens with two attached hydrogens (primary N) is 1. The predicted octanol–water partition coefficient (Wildman–Crippen LogP) is 3.87. The van der Waals surface area contributed by atoms with Crippen molar-refractivity contribution in [3.05, 3.63) is 51.3 Å². The lowest BCUT2D eigenvalue weighted by molar-refractivity contribution is 0.0751. The molecule has 0 fully saturated rings. The summed E-state index contributed by atoms with van der Waals surface area (Å²) in [4.78, 5) is 39.6. The second-order valence-electron chi connectivity index (χ2n) is 8.45. The van der Waals surface area contributed by atoms with Crippen LogP contribution in [0.25, 0.3) is 0 Å². The summed E-state index contributed by atoms with van der Waals surface area (Å²) in [5, 5.41) is 20.4. The second-order valence-corrected chi connectivity index (χ2v) is 8.45. The van der Waals surface area contributed by atoms with Crippen LogP contribution in [0.5, 0.6) is 5.88 Å². The zero-order chi connectivity index (χ0) is 26.1. The fraction of sp³-hybridized carbons (Fsp3) is 0.480. The van der Waals surface area contributed by atoms with Crippen molar-refractivity contribution in [2.45, 2.75) is 52.9 Å². The molecule has 0 aliphatic heterocycles. The van der Waals surface area contributed by atoms with E-state index in [1.807, 2.05) is 4.90 Å². The minimum atomic E-state index is -0.905. The van der Waals surface area contributed by atoms with Crippen LogP contribution in [0.4, 0.5) is 11.4 Å². The van der Waals surface area contributed by atoms with Crippen molar-refractivity contribution in [1.82, 2.24) is 9.58 Å². The fourth-order valence-electron chi connectivity index (χ4n) is 3.73. The number of rotatable bonds is 12. The van der Waals surface area contributed by atoms with Crippen molar-refractivity contribution in [3.63, 3.8) is 0 Å². The van der Waals surface area contributed by atoms with E-state index in [9.17, 15) is 19.5 Å². The highest BCUT2D eigenvalue weighted by atomic mass is 16.3. The Morgan fingerprint density at radius 3 is 2.03 bits per heavy atom. The van der Waals surface area contributed by atoms with Crippen LogP contribution in [-0.2, 0) is 6.42 Å². The number of pyridine rings is 1. The predicted molar refractivity (Wildman–Crippen MR) is 137 cm³/mol. The Hall–Kier alpha value is -3.69. The van der Waals surface area contributed by atoms with Gasteiger partial charge in [0.15, 0.2) is 5.69 Å². The molecule has 0 unspecified atom stereocenters. The van der Waals surface area contributed by atoms with E-state index < -0.39 is 17.3 Å². The molecule has 0 saturated heterocycles. The summed E-state index contributed by atoms with van der Waals surface area (Å²) in [7, 11) is 3.08. The van der Waals surface area contributed by atoms with Gasteiger partial charge in [-0.25, -0.2) is 0 Å². The zero-order valence-corrected chi connectivity index (χ0v) is 21.2. The number of carbonyl (C=O) groups is 2. The average molecular weight is 485 g/mol. The Bertz CT molecular complexity index is 1110. The molecule has 1 heterocycles. The summed E-state index contributed by atoms with van der Waals surface area (Å²) in [6.45, 7) is 7.37. The standard InChI is InChI=1S/C25H36N6O4/c1-6-9-15-30(16-10-7-2)23(33)17-11-13-18(14-12-17)27-28-21-19(8-3)20(22(26)32)24(34)31(25(21)35)29(4)5/h11-14,35H,6-10,15-16H2,1-5H3,(H2,26,32)/b28-27+. The number of unbranched alkanes of at least 4 members (excludes halogenated alkanes) is 2. The summed E-state index contributed by atoms with van der Waals surface area (Å²) in [5.41, 5.74) is 5.70. The van der Waals surface area contributed by atoms with Crippen LogP contribution in [-0.4, -0.2) is 53.7 Å². The van der Waals surface area contributed by atoms with Gasteiger partial charge < -0.3 is 20.7 Å². The molecule has 2 amide bonds. The van der Waals surface area contributed by atoms with Gasteiger partial charge in [0, 0.05) is 38.3 Å². The van der Waals surface area contributed by atoms with Crippen molar-refractivity contribution >= 4 is 23.2 Å². The first-order valence-corrected chi connectivity index (χ1v) is 12.0.